The first-order valence-electron chi connectivity index (χ1n) is 8.97. The molecule has 1 spiro atoms. The standard InChI is InChI=1S/C22H13N4/c1-3-14-11-16-7-9-18-13-19-10-8-17-12-15-4-2-6-21-20(5-1)25(14)22(23(16)18,24(17)19)26(15)21/h1-13H/q+3. The van der Waals surface area contributed by atoms with Crippen LogP contribution in [0.3, 0.4) is 0 Å². The zero-order valence-electron chi connectivity index (χ0n) is 13.8. The molecular weight excluding hydrogens is 320 g/mol. The molecule has 118 valence electrons. The lowest BCUT2D eigenvalue weighted by Gasteiger charge is -2.33. The largest absolute Gasteiger partial charge is 0.667 e. The molecule has 0 amide bonds. The van der Waals surface area contributed by atoms with Crippen LogP contribution in [-0.4, -0.2) is 25.5 Å². The number of pyridine rings is 1. The maximum absolute atomic E-state index is 2.50. The fourth-order valence-corrected chi connectivity index (χ4v) is 5.48. The molecule has 7 aliphatic heterocycles. The molecular formula is C22H13N4+3. The second kappa shape index (κ2) is 3.40. The van der Waals surface area contributed by atoms with Crippen LogP contribution < -0.4 is 4.57 Å². The van der Waals surface area contributed by atoms with Crippen molar-refractivity contribution >= 4 is 23.2 Å². The van der Waals surface area contributed by atoms with Crippen molar-refractivity contribution in [1.29, 1.82) is 0 Å². The molecule has 8 heterocycles. The molecule has 1 atom stereocenters. The molecule has 0 aromatic carbocycles. The van der Waals surface area contributed by atoms with Gasteiger partial charge >= 0.3 is 5.91 Å². The molecule has 1 unspecified atom stereocenters. The van der Waals surface area contributed by atoms with Crippen molar-refractivity contribution in [3.8, 4) is 0 Å². The van der Waals surface area contributed by atoms with Crippen molar-refractivity contribution in [2.24, 2.45) is 0 Å². The highest BCUT2D eigenvalue weighted by Gasteiger charge is 2.82. The summed E-state index contributed by atoms with van der Waals surface area (Å²) in [6, 6.07) is 6.63. The average Bonchev–Trinajstić information content (AvgIpc) is 3.34. The van der Waals surface area contributed by atoms with E-state index >= 15 is 0 Å². The molecule has 0 radical (unpaired) electrons. The minimum atomic E-state index is -0.446. The molecule has 0 aliphatic carbocycles. The molecule has 26 heavy (non-hydrogen) atoms. The Morgan fingerprint density at radius 2 is 1.62 bits per heavy atom. The van der Waals surface area contributed by atoms with Crippen LogP contribution in [-0.2, 0) is 5.91 Å². The van der Waals surface area contributed by atoms with Crippen molar-refractivity contribution in [2.45, 2.75) is 5.91 Å². The van der Waals surface area contributed by atoms with Gasteiger partial charge in [-0.3, -0.25) is 0 Å². The molecule has 4 nitrogen and oxygen atoms in total. The maximum atomic E-state index is 2.50. The number of nitrogens with zero attached hydrogens (tertiary/aromatic N) is 4. The van der Waals surface area contributed by atoms with Gasteiger partial charge in [-0.05, 0) is 31.9 Å². The fourth-order valence-electron chi connectivity index (χ4n) is 5.48. The van der Waals surface area contributed by atoms with E-state index in [-0.39, 0.29) is 0 Å². The predicted octanol–water partition coefficient (Wildman–Crippen LogP) is 1.96. The number of hydrogen-bond donors (Lipinski definition) is 0. The van der Waals surface area contributed by atoms with Crippen LogP contribution in [0.15, 0.2) is 90.0 Å². The summed E-state index contributed by atoms with van der Waals surface area (Å²) in [4.78, 5) is 2.50. The third kappa shape index (κ3) is 0.948. The van der Waals surface area contributed by atoms with Crippen molar-refractivity contribution in [3.05, 3.63) is 101 Å². The lowest BCUT2D eigenvalue weighted by molar-refractivity contribution is -1.08. The molecule has 0 saturated heterocycles. The third-order valence-corrected chi connectivity index (χ3v) is 6.27. The van der Waals surface area contributed by atoms with Gasteiger partial charge in [0.15, 0.2) is 0 Å². The van der Waals surface area contributed by atoms with Crippen LogP contribution in [0.4, 0.5) is 0 Å². The zero-order valence-corrected chi connectivity index (χ0v) is 13.8. The van der Waals surface area contributed by atoms with Crippen LogP contribution >= 0.6 is 0 Å². The van der Waals surface area contributed by atoms with E-state index in [0.29, 0.717) is 0 Å². The van der Waals surface area contributed by atoms with Crippen molar-refractivity contribution in [2.75, 3.05) is 0 Å². The number of fused-ring (bicyclic) bond motifs is 1. The Bertz CT molecular complexity index is 1320. The second-order valence-corrected chi connectivity index (χ2v) is 7.41. The molecule has 4 heteroatoms. The van der Waals surface area contributed by atoms with E-state index in [4.69, 9.17) is 0 Å². The van der Waals surface area contributed by atoms with Gasteiger partial charge in [0.2, 0.25) is 34.2 Å². The van der Waals surface area contributed by atoms with Gasteiger partial charge in [-0.2, -0.15) is 0 Å². The molecule has 0 saturated carbocycles. The summed E-state index contributed by atoms with van der Waals surface area (Å²) < 4.78 is 7.45. The summed E-state index contributed by atoms with van der Waals surface area (Å²) in [6.07, 6.45) is 22.5. The van der Waals surface area contributed by atoms with Crippen molar-refractivity contribution in [1.82, 2.24) is 4.90 Å². The topological polar surface area (TPSA) is 13.1 Å². The number of hydrogen-bond acceptors (Lipinski definition) is 1. The van der Waals surface area contributed by atoms with Crippen LogP contribution in [0, 0.1) is 0 Å². The number of aromatic nitrogens is 1. The van der Waals surface area contributed by atoms with E-state index in [0.717, 1.165) is 0 Å². The van der Waals surface area contributed by atoms with Crippen LogP contribution in [0.1, 0.15) is 11.4 Å². The van der Waals surface area contributed by atoms with E-state index in [1.54, 1.807) is 0 Å². The van der Waals surface area contributed by atoms with Gasteiger partial charge in [0.25, 0.3) is 0 Å². The first-order chi connectivity index (χ1) is 12.9. The molecule has 1 aromatic rings. The summed E-state index contributed by atoms with van der Waals surface area (Å²) in [5.74, 6) is -0.446. The zero-order chi connectivity index (χ0) is 16.6. The molecule has 8 rings (SSSR count). The molecule has 0 bridgehead atoms. The van der Waals surface area contributed by atoms with E-state index in [1.807, 2.05) is 0 Å². The monoisotopic (exact) mass is 333 g/mol. The number of rotatable bonds is 0. The third-order valence-electron chi connectivity index (χ3n) is 6.27. The number of allylic oxidation sites excluding steroid dienone is 9. The van der Waals surface area contributed by atoms with Gasteiger partial charge in [0.1, 0.15) is 5.70 Å². The normalized spacial score (nSPS) is 29.0. The van der Waals surface area contributed by atoms with Crippen molar-refractivity contribution in [3.63, 3.8) is 0 Å². The quantitative estimate of drug-likeness (QED) is 0.662. The second-order valence-electron chi connectivity index (χ2n) is 7.41. The highest BCUT2D eigenvalue weighted by molar-refractivity contribution is 6.07. The summed E-state index contributed by atoms with van der Waals surface area (Å²) >= 11 is 0. The van der Waals surface area contributed by atoms with Crippen LogP contribution in [0.5, 0.6) is 0 Å². The lowest BCUT2D eigenvalue weighted by Crippen LogP contribution is -2.76. The summed E-state index contributed by atoms with van der Waals surface area (Å²) in [7, 11) is 0. The Balaban J connectivity index is 1.69. The van der Waals surface area contributed by atoms with E-state index in [2.05, 4.69) is 97.6 Å². The maximum Gasteiger partial charge on any atom is 0.667 e. The predicted molar refractivity (Wildman–Crippen MR) is 96.5 cm³/mol. The van der Waals surface area contributed by atoms with E-state index in [1.165, 1.54) is 45.6 Å². The van der Waals surface area contributed by atoms with Gasteiger partial charge in [0, 0.05) is 42.5 Å². The highest BCUT2D eigenvalue weighted by atomic mass is 15.7. The first kappa shape index (κ1) is 11.9. The Hall–Kier alpha value is -3.53. The molecule has 7 aliphatic rings. The van der Waals surface area contributed by atoms with E-state index < -0.39 is 5.91 Å². The van der Waals surface area contributed by atoms with Crippen LogP contribution in [0.25, 0.3) is 11.8 Å². The molecule has 1 aromatic heterocycles. The Labute approximate surface area is 149 Å². The summed E-state index contributed by atoms with van der Waals surface area (Å²) in [5.41, 5.74) is 9.98. The minimum absolute atomic E-state index is 0.446. The van der Waals surface area contributed by atoms with Gasteiger partial charge in [-0.25, -0.2) is 0 Å². The SMILES string of the molecule is C1=CC2=CC3=[N+]4C(=CC5=[N+]6C(=Cc7cccc8[n+]7C46N2C8=C1)C=C5)C=C3. The Morgan fingerprint density at radius 3 is 2.50 bits per heavy atom. The Morgan fingerprint density at radius 1 is 0.808 bits per heavy atom. The molecule has 0 N–H and O–H groups in total. The summed E-state index contributed by atoms with van der Waals surface area (Å²) in [6.45, 7) is 0. The van der Waals surface area contributed by atoms with Gasteiger partial charge < -0.3 is 0 Å². The van der Waals surface area contributed by atoms with Gasteiger partial charge in [0.05, 0.1) is 17.8 Å². The summed E-state index contributed by atoms with van der Waals surface area (Å²) in [5, 5.41) is 0. The molecule has 0 fully saturated rings. The van der Waals surface area contributed by atoms with E-state index in [9.17, 15) is 0 Å². The Kier molecular flexibility index (Phi) is 1.56. The average molecular weight is 333 g/mol. The lowest BCUT2D eigenvalue weighted by atomic mass is 10.1. The minimum Gasteiger partial charge on any atom is -0.149 e. The van der Waals surface area contributed by atoms with Gasteiger partial charge in [-0.15, -0.1) is 4.90 Å². The van der Waals surface area contributed by atoms with Gasteiger partial charge in [-0.1, -0.05) is 6.08 Å². The first-order valence-corrected chi connectivity index (χ1v) is 8.97. The fraction of sp³-hybridized carbons (Fsp3) is 0.0455. The smallest absolute Gasteiger partial charge is 0.149 e. The van der Waals surface area contributed by atoms with Crippen LogP contribution in [0.2, 0.25) is 0 Å². The highest BCUT2D eigenvalue weighted by Crippen LogP contribution is 2.50. The van der Waals surface area contributed by atoms with Crippen molar-refractivity contribution < 1.29 is 13.7 Å².